The van der Waals surface area contributed by atoms with Crippen molar-refractivity contribution < 1.29 is 29.1 Å². The van der Waals surface area contributed by atoms with Crippen molar-refractivity contribution in [3.63, 3.8) is 0 Å². The van der Waals surface area contributed by atoms with Crippen LogP contribution >= 0.6 is 12.6 Å². The first kappa shape index (κ1) is 25.7. The van der Waals surface area contributed by atoms with Gasteiger partial charge in [0.25, 0.3) is 0 Å². The third-order valence-electron chi connectivity index (χ3n) is 3.61. The molecular weight excluding hydrogens is 390 g/mol. The fourth-order valence-electron chi connectivity index (χ4n) is 2.14. The van der Waals surface area contributed by atoms with Gasteiger partial charge in [-0.3, -0.25) is 19.2 Å². The number of amides is 4. The van der Waals surface area contributed by atoms with E-state index in [1.807, 2.05) is 13.8 Å². The average Bonchev–Trinajstić information content (AvgIpc) is 2.60. The molecule has 0 aromatic heterocycles. The molecule has 8 N–H and O–H groups in total. The Morgan fingerprint density at radius 3 is 2.11 bits per heavy atom. The van der Waals surface area contributed by atoms with E-state index in [1.54, 1.807) is 0 Å². The summed E-state index contributed by atoms with van der Waals surface area (Å²) >= 11 is 3.93. The maximum atomic E-state index is 12.3. The summed E-state index contributed by atoms with van der Waals surface area (Å²) in [5, 5.41) is 16.1. The third-order valence-corrected chi connectivity index (χ3v) is 4.00. The topological polar surface area (TPSA) is 194 Å². The molecule has 0 saturated carbocycles. The molecule has 0 aromatic carbocycles. The van der Waals surface area contributed by atoms with Crippen LogP contribution < -0.4 is 27.4 Å². The number of carboxylic acid groups (broad SMARTS) is 1. The zero-order valence-corrected chi connectivity index (χ0v) is 16.8. The molecular formula is C16H29N5O6S. The highest BCUT2D eigenvalue weighted by Gasteiger charge is 2.25. The normalized spacial score (nSPS) is 13.9. The van der Waals surface area contributed by atoms with Gasteiger partial charge in [0, 0.05) is 12.2 Å². The Hall–Kier alpha value is -2.34. The summed E-state index contributed by atoms with van der Waals surface area (Å²) in [6, 6.07) is -3.09. The molecule has 160 valence electrons. The molecule has 11 nitrogen and oxygen atoms in total. The highest BCUT2D eigenvalue weighted by molar-refractivity contribution is 7.80. The standard InChI is InChI=1S/C16H29N5O6S/c1-8(2)5-11(21-14(24)9(17)7-28)15(25)19-6-13(23)20-10(16(26)27)3-4-12(18)22/h8-11,28H,3-7,17H2,1-2H3,(H2,18,22)(H,19,25)(H,20,23)(H,21,24)(H,26,27). The molecule has 0 heterocycles. The van der Waals surface area contributed by atoms with E-state index in [4.69, 9.17) is 16.6 Å². The summed E-state index contributed by atoms with van der Waals surface area (Å²) in [7, 11) is 0. The second-order valence-corrected chi connectivity index (χ2v) is 7.03. The van der Waals surface area contributed by atoms with Crippen LogP contribution in [-0.2, 0) is 24.0 Å². The van der Waals surface area contributed by atoms with Gasteiger partial charge in [0.15, 0.2) is 0 Å². The quantitative estimate of drug-likeness (QED) is 0.163. The minimum absolute atomic E-state index is 0.0716. The van der Waals surface area contributed by atoms with Crippen LogP contribution in [-0.4, -0.2) is 65.1 Å². The number of aliphatic carboxylic acids is 1. The number of hydrogen-bond donors (Lipinski definition) is 7. The predicted molar refractivity (Wildman–Crippen MR) is 104 cm³/mol. The first-order valence-electron chi connectivity index (χ1n) is 8.72. The molecule has 0 radical (unpaired) electrons. The molecule has 28 heavy (non-hydrogen) atoms. The monoisotopic (exact) mass is 419 g/mol. The van der Waals surface area contributed by atoms with Crippen LogP contribution in [0.4, 0.5) is 0 Å². The number of carbonyl (C=O) groups excluding carboxylic acids is 4. The average molecular weight is 420 g/mol. The van der Waals surface area contributed by atoms with Crippen molar-refractivity contribution in [1.82, 2.24) is 16.0 Å². The number of rotatable bonds is 13. The van der Waals surface area contributed by atoms with Gasteiger partial charge in [-0.05, 0) is 18.8 Å². The van der Waals surface area contributed by atoms with Crippen LogP contribution in [0.1, 0.15) is 33.1 Å². The van der Waals surface area contributed by atoms with Crippen molar-refractivity contribution in [2.24, 2.45) is 17.4 Å². The number of carboxylic acids is 1. The Morgan fingerprint density at radius 2 is 1.64 bits per heavy atom. The zero-order valence-electron chi connectivity index (χ0n) is 15.9. The molecule has 0 aliphatic rings. The molecule has 0 fully saturated rings. The van der Waals surface area contributed by atoms with Crippen LogP contribution in [0.5, 0.6) is 0 Å². The van der Waals surface area contributed by atoms with E-state index in [2.05, 4.69) is 28.6 Å². The summed E-state index contributed by atoms with van der Waals surface area (Å²) in [4.78, 5) is 58.0. The maximum Gasteiger partial charge on any atom is 0.326 e. The lowest BCUT2D eigenvalue weighted by Gasteiger charge is -2.22. The molecule has 3 atom stereocenters. The van der Waals surface area contributed by atoms with Crippen molar-refractivity contribution in [2.45, 2.75) is 51.2 Å². The van der Waals surface area contributed by atoms with Gasteiger partial charge in [-0.25, -0.2) is 4.79 Å². The van der Waals surface area contributed by atoms with Crippen molar-refractivity contribution in [1.29, 1.82) is 0 Å². The van der Waals surface area contributed by atoms with Gasteiger partial charge in [0.2, 0.25) is 23.6 Å². The fraction of sp³-hybridized carbons (Fsp3) is 0.688. The molecule has 0 aliphatic heterocycles. The van der Waals surface area contributed by atoms with Crippen molar-refractivity contribution in [2.75, 3.05) is 12.3 Å². The minimum Gasteiger partial charge on any atom is -0.480 e. The highest BCUT2D eigenvalue weighted by atomic mass is 32.1. The van der Waals surface area contributed by atoms with E-state index in [9.17, 15) is 24.0 Å². The van der Waals surface area contributed by atoms with E-state index in [1.165, 1.54) is 0 Å². The van der Waals surface area contributed by atoms with E-state index in [0.717, 1.165) is 0 Å². The Balaban J connectivity index is 4.76. The lowest BCUT2D eigenvalue weighted by Crippen LogP contribution is -2.54. The van der Waals surface area contributed by atoms with Crippen LogP contribution in [0.15, 0.2) is 0 Å². The lowest BCUT2D eigenvalue weighted by atomic mass is 10.0. The van der Waals surface area contributed by atoms with Crippen molar-refractivity contribution in [3.8, 4) is 0 Å². The summed E-state index contributed by atoms with van der Waals surface area (Å²) in [6.45, 7) is 3.21. The highest BCUT2D eigenvalue weighted by Crippen LogP contribution is 2.05. The molecule has 0 aromatic rings. The van der Waals surface area contributed by atoms with E-state index < -0.39 is 54.3 Å². The van der Waals surface area contributed by atoms with Crippen LogP contribution in [0.25, 0.3) is 0 Å². The molecule has 3 unspecified atom stereocenters. The van der Waals surface area contributed by atoms with Gasteiger partial charge >= 0.3 is 5.97 Å². The lowest BCUT2D eigenvalue weighted by molar-refractivity contribution is -0.142. The third kappa shape index (κ3) is 10.7. The number of hydrogen-bond acceptors (Lipinski definition) is 7. The second kappa shape index (κ2) is 12.9. The largest absolute Gasteiger partial charge is 0.480 e. The summed E-state index contributed by atoms with van der Waals surface area (Å²) < 4.78 is 0. The number of thiol groups is 1. The summed E-state index contributed by atoms with van der Waals surface area (Å²) in [5.41, 5.74) is 10.5. The van der Waals surface area contributed by atoms with E-state index >= 15 is 0 Å². The Labute approximate surface area is 168 Å². The zero-order chi connectivity index (χ0) is 21.9. The first-order valence-corrected chi connectivity index (χ1v) is 9.36. The van der Waals surface area contributed by atoms with Gasteiger partial charge in [-0.1, -0.05) is 13.8 Å². The maximum absolute atomic E-state index is 12.3. The smallest absolute Gasteiger partial charge is 0.326 e. The van der Waals surface area contributed by atoms with E-state index in [0.29, 0.717) is 6.42 Å². The Morgan fingerprint density at radius 1 is 1.04 bits per heavy atom. The van der Waals surface area contributed by atoms with E-state index in [-0.39, 0.29) is 24.5 Å². The van der Waals surface area contributed by atoms with Crippen LogP contribution in [0, 0.1) is 5.92 Å². The van der Waals surface area contributed by atoms with Gasteiger partial charge in [0.1, 0.15) is 12.1 Å². The SMILES string of the molecule is CC(C)CC(NC(=O)C(N)CS)C(=O)NCC(=O)NC(CCC(N)=O)C(=O)O. The summed E-state index contributed by atoms with van der Waals surface area (Å²) in [5.74, 6) is -3.75. The first-order chi connectivity index (χ1) is 13.0. The Kier molecular flexibility index (Phi) is 11.9. The number of nitrogens with one attached hydrogen (secondary N) is 3. The van der Waals surface area contributed by atoms with Gasteiger partial charge in [-0.15, -0.1) is 0 Å². The minimum atomic E-state index is -1.33. The molecule has 0 rings (SSSR count). The van der Waals surface area contributed by atoms with Gasteiger partial charge < -0.3 is 32.5 Å². The number of nitrogens with two attached hydrogens (primary N) is 2. The molecule has 12 heteroatoms. The van der Waals surface area contributed by atoms with Crippen molar-refractivity contribution in [3.05, 3.63) is 0 Å². The molecule has 4 amide bonds. The van der Waals surface area contributed by atoms with Gasteiger partial charge in [0.05, 0.1) is 12.6 Å². The number of primary amides is 1. The van der Waals surface area contributed by atoms with Crippen LogP contribution in [0.3, 0.4) is 0 Å². The second-order valence-electron chi connectivity index (χ2n) is 6.66. The Bertz CT molecular complexity index is 586. The molecule has 0 saturated heterocycles. The molecule has 0 spiro atoms. The fourth-order valence-corrected chi connectivity index (χ4v) is 2.31. The molecule has 0 aliphatic carbocycles. The van der Waals surface area contributed by atoms with Gasteiger partial charge in [-0.2, -0.15) is 12.6 Å². The molecule has 0 bridgehead atoms. The summed E-state index contributed by atoms with van der Waals surface area (Å²) in [6.07, 6.45) is -0.0651. The number of carbonyl (C=O) groups is 5. The van der Waals surface area contributed by atoms with Crippen molar-refractivity contribution >= 4 is 42.2 Å². The van der Waals surface area contributed by atoms with Crippen LogP contribution in [0.2, 0.25) is 0 Å². The predicted octanol–water partition coefficient (Wildman–Crippen LogP) is -2.27.